The second-order valence-electron chi connectivity index (χ2n) is 7.91. The van der Waals surface area contributed by atoms with E-state index in [4.69, 9.17) is 9.73 Å². The second kappa shape index (κ2) is 9.47. The summed E-state index contributed by atoms with van der Waals surface area (Å²) in [5, 5.41) is 3.28. The minimum Gasteiger partial charge on any atom is -0.473 e. The van der Waals surface area contributed by atoms with E-state index in [9.17, 15) is 8.42 Å². The van der Waals surface area contributed by atoms with Crippen LogP contribution in [0.3, 0.4) is 0 Å². The van der Waals surface area contributed by atoms with E-state index in [0.717, 1.165) is 11.1 Å². The van der Waals surface area contributed by atoms with Crippen LogP contribution < -0.4 is 10.1 Å². The number of nitrogens with zero attached hydrogens (tertiary/aromatic N) is 3. The van der Waals surface area contributed by atoms with Gasteiger partial charge in [0.2, 0.25) is 5.88 Å². The van der Waals surface area contributed by atoms with Gasteiger partial charge >= 0.3 is 0 Å². The van der Waals surface area contributed by atoms with Gasteiger partial charge in [0.05, 0.1) is 17.0 Å². The molecule has 1 aromatic heterocycles. The molecular weight excluding hydrogens is 400 g/mol. The highest BCUT2D eigenvalue weighted by atomic mass is 32.2. The van der Waals surface area contributed by atoms with Crippen LogP contribution in [0.1, 0.15) is 31.9 Å². The van der Waals surface area contributed by atoms with Crippen LogP contribution in [0.15, 0.2) is 53.7 Å². The first-order valence-corrected chi connectivity index (χ1v) is 11.8. The summed E-state index contributed by atoms with van der Waals surface area (Å²) < 4.78 is 29.8. The molecule has 1 fully saturated rings. The minimum atomic E-state index is -3.10. The summed E-state index contributed by atoms with van der Waals surface area (Å²) in [6, 6.07) is 13.8. The Morgan fingerprint density at radius 1 is 1.23 bits per heavy atom. The van der Waals surface area contributed by atoms with Gasteiger partial charge < -0.3 is 15.0 Å². The maximum atomic E-state index is 12.3. The molecule has 2 heterocycles. The van der Waals surface area contributed by atoms with E-state index in [-0.39, 0.29) is 5.75 Å². The van der Waals surface area contributed by atoms with Gasteiger partial charge in [0.25, 0.3) is 0 Å². The van der Waals surface area contributed by atoms with Crippen LogP contribution >= 0.6 is 0 Å². The molecule has 1 aromatic carbocycles. The SMILES string of the molecule is CCNC(=NCc1cccnc1OCc1ccccc1)N1CCS(=O)(=O)C(C)(C)C1. The first-order valence-electron chi connectivity index (χ1n) is 10.2. The summed E-state index contributed by atoms with van der Waals surface area (Å²) >= 11 is 0. The molecule has 162 valence electrons. The van der Waals surface area contributed by atoms with E-state index < -0.39 is 14.6 Å². The molecule has 2 aromatic rings. The highest BCUT2D eigenvalue weighted by Gasteiger charge is 2.40. The molecule has 0 atom stereocenters. The zero-order valence-electron chi connectivity index (χ0n) is 17.8. The molecule has 0 spiro atoms. The fraction of sp³-hybridized carbons (Fsp3) is 0.455. The molecule has 0 amide bonds. The summed E-state index contributed by atoms with van der Waals surface area (Å²) in [5.74, 6) is 1.39. The van der Waals surface area contributed by atoms with Crippen molar-refractivity contribution in [2.75, 3.05) is 25.4 Å². The monoisotopic (exact) mass is 430 g/mol. The van der Waals surface area contributed by atoms with Crippen molar-refractivity contribution < 1.29 is 13.2 Å². The summed E-state index contributed by atoms with van der Waals surface area (Å²) in [6.07, 6.45) is 1.71. The van der Waals surface area contributed by atoms with Crippen LogP contribution in [-0.2, 0) is 23.0 Å². The van der Waals surface area contributed by atoms with Crippen LogP contribution in [0.2, 0.25) is 0 Å². The van der Waals surface area contributed by atoms with E-state index in [0.29, 0.717) is 44.6 Å². The van der Waals surface area contributed by atoms with E-state index in [1.54, 1.807) is 20.0 Å². The third kappa shape index (κ3) is 5.30. The number of benzene rings is 1. The zero-order chi connectivity index (χ0) is 21.6. The van der Waals surface area contributed by atoms with Gasteiger partial charge in [-0.25, -0.2) is 18.4 Å². The Morgan fingerprint density at radius 2 is 2.00 bits per heavy atom. The van der Waals surface area contributed by atoms with Gasteiger partial charge in [-0.3, -0.25) is 0 Å². The standard InChI is InChI=1S/C22H30N4O3S/c1-4-23-21(26-13-14-30(27,28)22(2,3)17-26)25-15-19-11-8-12-24-20(19)29-16-18-9-6-5-7-10-18/h5-12H,4,13-17H2,1-3H3,(H,23,25). The summed E-state index contributed by atoms with van der Waals surface area (Å²) in [4.78, 5) is 11.1. The Bertz CT molecular complexity index is 975. The van der Waals surface area contributed by atoms with Crippen molar-refractivity contribution in [2.45, 2.75) is 38.7 Å². The highest BCUT2D eigenvalue weighted by Crippen LogP contribution is 2.24. The van der Waals surface area contributed by atoms with Gasteiger partial charge in [-0.1, -0.05) is 36.4 Å². The Balaban J connectivity index is 1.74. The third-order valence-electron chi connectivity index (χ3n) is 5.15. The first-order chi connectivity index (χ1) is 14.3. The number of aliphatic imine (C=N–C) groups is 1. The van der Waals surface area contributed by atoms with Crippen molar-refractivity contribution in [1.29, 1.82) is 0 Å². The number of hydrogen-bond acceptors (Lipinski definition) is 5. The average Bonchev–Trinajstić information content (AvgIpc) is 2.73. The van der Waals surface area contributed by atoms with Crippen LogP contribution in [-0.4, -0.2) is 54.4 Å². The summed E-state index contributed by atoms with van der Waals surface area (Å²) in [6.45, 7) is 7.92. The van der Waals surface area contributed by atoms with E-state index >= 15 is 0 Å². The van der Waals surface area contributed by atoms with Crippen LogP contribution in [0, 0.1) is 0 Å². The van der Waals surface area contributed by atoms with Gasteiger partial charge in [0, 0.05) is 31.4 Å². The lowest BCUT2D eigenvalue weighted by atomic mass is 10.2. The Morgan fingerprint density at radius 3 is 2.70 bits per heavy atom. The lowest BCUT2D eigenvalue weighted by molar-refractivity contribution is 0.290. The van der Waals surface area contributed by atoms with E-state index in [1.807, 2.05) is 54.3 Å². The fourth-order valence-electron chi connectivity index (χ4n) is 3.31. The van der Waals surface area contributed by atoms with Crippen molar-refractivity contribution >= 4 is 15.8 Å². The molecular formula is C22H30N4O3S. The van der Waals surface area contributed by atoms with E-state index in [2.05, 4.69) is 10.3 Å². The van der Waals surface area contributed by atoms with Gasteiger partial charge in [-0.15, -0.1) is 0 Å². The summed E-state index contributed by atoms with van der Waals surface area (Å²) in [5.41, 5.74) is 1.95. The molecule has 0 saturated carbocycles. The largest absolute Gasteiger partial charge is 0.473 e. The number of rotatable bonds is 6. The third-order valence-corrected chi connectivity index (χ3v) is 7.68. The maximum absolute atomic E-state index is 12.3. The number of nitrogens with one attached hydrogen (secondary N) is 1. The van der Waals surface area contributed by atoms with Crippen molar-refractivity contribution in [3.63, 3.8) is 0 Å². The number of pyridine rings is 1. The second-order valence-corrected chi connectivity index (χ2v) is 10.7. The maximum Gasteiger partial charge on any atom is 0.218 e. The first kappa shape index (κ1) is 22.1. The minimum absolute atomic E-state index is 0.128. The van der Waals surface area contributed by atoms with Crippen molar-refractivity contribution in [2.24, 2.45) is 4.99 Å². The van der Waals surface area contributed by atoms with Crippen LogP contribution in [0.25, 0.3) is 0 Å². The van der Waals surface area contributed by atoms with Crippen molar-refractivity contribution in [1.82, 2.24) is 15.2 Å². The lowest BCUT2D eigenvalue weighted by Crippen LogP contribution is -2.57. The van der Waals surface area contributed by atoms with Gasteiger partial charge in [0.15, 0.2) is 15.8 Å². The van der Waals surface area contributed by atoms with Crippen molar-refractivity contribution in [3.8, 4) is 5.88 Å². The molecule has 8 heteroatoms. The molecule has 0 bridgehead atoms. The molecule has 0 radical (unpaired) electrons. The molecule has 0 unspecified atom stereocenters. The normalized spacial score (nSPS) is 18.1. The summed E-state index contributed by atoms with van der Waals surface area (Å²) in [7, 11) is -3.10. The number of hydrogen-bond donors (Lipinski definition) is 1. The van der Waals surface area contributed by atoms with Crippen LogP contribution in [0.5, 0.6) is 5.88 Å². The predicted molar refractivity (Wildman–Crippen MR) is 119 cm³/mol. The highest BCUT2D eigenvalue weighted by molar-refractivity contribution is 7.92. The van der Waals surface area contributed by atoms with Crippen molar-refractivity contribution in [3.05, 3.63) is 59.8 Å². The van der Waals surface area contributed by atoms with Crippen LogP contribution in [0.4, 0.5) is 0 Å². The fourth-order valence-corrected chi connectivity index (χ4v) is 4.68. The topological polar surface area (TPSA) is 83.9 Å². The molecule has 3 rings (SSSR count). The molecule has 1 aliphatic rings. The molecule has 1 aliphatic heterocycles. The number of sulfone groups is 1. The quantitative estimate of drug-likeness (QED) is 0.560. The number of aromatic nitrogens is 1. The smallest absolute Gasteiger partial charge is 0.218 e. The van der Waals surface area contributed by atoms with Gasteiger partial charge in [0.1, 0.15) is 6.61 Å². The molecule has 0 aliphatic carbocycles. The molecule has 7 nitrogen and oxygen atoms in total. The number of guanidine groups is 1. The Labute approximate surface area is 179 Å². The average molecular weight is 431 g/mol. The van der Waals surface area contributed by atoms with Gasteiger partial charge in [-0.05, 0) is 32.4 Å². The lowest BCUT2D eigenvalue weighted by Gasteiger charge is -2.39. The molecule has 1 N–H and O–H groups in total. The Kier molecular flexibility index (Phi) is 6.97. The molecule has 1 saturated heterocycles. The number of ether oxygens (including phenoxy) is 1. The van der Waals surface area contributed by atoms with E-state index in [1.165, 1.54) is 0 Å². The predicted octanol–water partition coefficient (Wildman–Crippen LogP) is 2.64. The van der Waals surface area contributed by atoms with Gasteiger partial charge in [-0.2, -0.15) is 0 Å². The Hall–Kier alpha value is -2.61. The zero-order valence-corrected chi connectivity index (χ0v) is 18.7. The molecule has 30 heavy (non-hydrogen) atoms.